The molecule has 170 valence electrons. The Morgan fingerprint density at radius 1 is 1.06 bits per heavy atom. The predicted molar refractivity (Wildman–Crippen MR) is 127 cm³/mol. The summed E-state index contributed by atoms with van der Waals surface area (Å²) >= 11 is 18.0. The molecule has 2 aromatic rings. The highest BCUT2D eigenvalue weighted by molar-refractivity contribution is 7.92. The van der Waals surface area contributed by atoms with Crippen molar-refractivity contribution < 1.29 is 17.9 Å². The van der Waals surface area contributed by atoms with Crippen LogP contribution in [-0.4, -0.2) is 39.8 Å². The molecule has 0 aromatic heterocycles. The monoisotopic (exact) mass is 506 g/mol. The third-order valence-electron chi connectivity index (χ3n) is 4.21. The number of nitrogens with zero attached hydrogens (tertiary/aromatic N) is 1. The van der Waals surface area contributed by atoms with Gasteiger partial charge in [-0.05, 0) is 56.5 Å². The number of carbonyl (C=O) groups is 1. The Balaban J connectivity index is 1.92. The summed E-state index contributed by atoms with van der Waals surface area (Å²) in [6.45, 7) is 3.92. The zero-order valence-corrected chi connectivity index (χ0v) is 20.6. The molecule has 0 unspecified atom stereocenters. The van der Waals surface area contributed by atoms with Crippen LogP contribution in [0.4, 0.5) is 5.69 Å². The lowest BCUT2D eigenvalue weighted by atomic mass is 10.1. The molecular formula is C21H25Cl3N2O4S. The summed E-state index contributed by atoms with van der Waals surface area (Å²) in [5.41, 5.74) is 1.21. The number of sulfonamides is 1. The van der Waals surface area contributed by atoms with Crippen molar-refractivity contribution in [2.24, 2.45) is 0 Å². The minimum Gasteiger partial charge on any atom is -0.491 e. The summed E-state index contributed by atoms with van der Waals surface area (Å²) in [6.07, 6.45) is 2.57. The Morgan fingerprint density at radius 3 is 2.26 bits per heavy atom. The van der Waals surface area contributed by atoms with Gasteiger partial charge in [-0.25, -0.2) is 8.42 Å². The first-order valence-electron chi connectivity index (χ1n) is 9.62. The zero-order valence-electron chi connectivity index (χ0n) is 17.5. The lowest BCUT2D eigenvalue weighted by Gasteiger charge is -2.23. The van der Waals surface area contributed by atoms with Crippen molar-refractivity contribution in [1.82, 2.24) is 5.32 Å². The molecule has 0 heterocycles. The number of ether oxygens (including phenoxy) is 1. The van der Waals surface area contributed by atoms with E-state index in [1.165, 1.54) is 12.1 Å². The normalized spacial score (nSPS) is 11.5. The number of nitrogens with one attached hydrogen (secondary N) is 1. The molecule has 0 atom stereocenters. The van der Waals surface area contributed by atoms with Crippen molar-refractivity contribution >= 4 is 56.4 Å². The summed E-state index contributed by atoms with van der Waals surface area (Å²) in [5, 5.41) is 3.15. The standard InChI is InChI=1S/C21H25Cl3N2O4S/c1-14(2)30-16-8-6-15(7-9-16)5-4-10-25-21(27)13-26(31(3,28)29)20-12-18(23)17(22)11-19(20)24/h6-9,11-12,14H,4-5,10,13H2,1-3H3,(H,25,27). The van der Waals surface area contributed by atoms with E-state index in [0.29, 0.717) is 13.0 Å². The highest BCUT2D eigenvalue weighted by Gasteiger charge is 2.24. The summed E-state index contributed by atoms with van der Waals surface area (Å²) in [5.74, 6) is 0.363. The Hall–Kier alpha value is -1.67. The predicted octanol–water partition coefficient (Wildman–Crippen LogP) is 4.95. The number of aryl methyl sites for hydroxylation is 1. The van der Waals surface area contributed by atoms with Gasteiger partial charge in [0.2, 0.25) is 15.9 Å². The fourth-order valence-electron chi connectivity index (χ4n) is 2.80. The summed E-state index contributed by atoms with van der Waals surface area (Å²) in [6, 6.07) is 10.5. The summed E-state index contributed by atoms with van der Waals surface area (Å²) in [4.78, 5) is 12.4. The van der Waals surface area contributed by atoms with Crippen LogP contribution in [0.25, 0.3) is 0 Å². The second-order valence-electron chi connectivity index (χ2n) is 7.25. The maximum absolute atomic E-state index is 12.4. The van der Waals surface area contributed by atoms with E-state index in [9.17, 15) is 13.2 Å². The smallest absolute Gasteiger partial charge is 0.240 e. The minimum atomic E-state index is -3.78. The van der Waals surface area contributed by atoms with Crippen LogP contribution >= 0.6 is 34.8 Å². The van der Waals surface area contributed by atoms with E-state index in [0.717, 1.165) is 28.3 Å². The molecule has 6 nitrogen and oxygen atoms in total. The maximum atomic E-state index is 12.4. The number of halogens is 3. The molecule has 0 radical (unpaired) electrons. The molecule has 0 fully saturated rings. The van der Waals surface area contributed by atoms with Gasteiger partial charge in [0, 0.05) is 6.54 Å². The molecule has 0 saturated heterocycles. The Bertz CT molecular complexity index is 1010. The van der Waals surface area contributed by atoms with Crippen LogP contribution in [0.1, 0.15) is 25.8 Å². The van der Waals surface area contributed by atoms with Crippen molar-refractivity contribution in [3.63, 3.8) is 0 Å². The van der Waals surface area contributed by atoms with Gasteiger partial charge in [-0.15, -0.1) is 0 Å². The first-order chi connectivity index (χ1) is 14.5. The van der Waals surface area contributed by atoms with Crippen LogP contribution in [0, 0.1) is 0 Å². The van der Waals surface area contributed by atoms with Gasteiger partial charge in [0.25, 0.3) is 0 Å². The van der Waals surface area contributed by atoms with E-state index in [2.05, 4.69) is 5.32 Å². The Morgan fingerprint density at radius 2 is 1.68 bits per heavy atom. The molecule has 1 N–H and O–H groups in total. The highest BCUT2D eigenvalue weighted by Crippen LogP contribution is 2.35. The molecule has 1 amide bonds. The number of amides is 1. The van der Waals surface area contributed by atoms with Crippen LogP contribution in [-0.2, 0) is 21.2 Å². The molecule has 0 aliphatic rings. The van der Waals surface area contributed by atoms with Gasteiger partial charge in [-0.1, -0.05) is 46.9 Å². The van der Waals surface area contributed by atoms with Crippen LogP contribution in [0.2, 0.25) is 15.1 Å². The van der Waals surface area contributed by atoms with Gasteiger partial charge in [-0.3, -0.25) is 9.10 Å². The third kappa shape index (κ3) is 8.07. The second kappa shape index (κ2) is 11.3. The fourth-order valence-corrected chi connectivity index (χ4v) is 4.35. The number of hydrogen-bond acceptors (Lipinski definition) is 4. The average Bonchev–Trinajstić information content (AvgIpc) is 2.66. The van der Waals surface area contributed by atoms with Crippen LogP contribution in [0.5, 0.6) is 5.75 Å². The number of benzene rings is 2. The quantitative estimate of drug-likeness (QED) is 0.365. The topological polar surface area (TPSA) is 75.7 Å². The minimum absolute atomic E-state index is 0.0810. The van der Waals surface area contributed by atoms with Crippen molar-refractivity contribution in [3.8, 4) is 5.75 Å². The number of rotatable bonds is 10. The molecule has 10 heteroatoms. The van der Waals surface area contributed by atoms with E-state index < -0.39 is 22.5 Å². The molecule has 0 aliphatic carbocycles. The molecule has 0 aliphatic heterocycles. The van der Waals surface area contributed by atoms with E-state index in [-0.39, 0.29) is 26.9 Å². The SMILES string of the molecule is CC(C)Oc1ccc(CCCNC(=O)CN(c2cc(Cl)c(Cl)cc2Cl)S(C)(=O)=O)cc1. The summed E-state index contributed by atoms with van der Waals surface area (Å²) < 4.78 is 31.0. The molecule has 0 saturated carbocycles. The van der Waals surface area contributed by atoms with Crippen LogP contribution in [0.3, 0.4) is 0 Å². The Labute approximate surface area is 198 Å². The van der Waals surface area contributed by atoms with Crippen LogP contribution in [0.15, 0.2) is 36.4 Å². The molecule has 0 bridgehead atoms. The highest BCUT2D eigenvalue weighted by atomic mass is 35.5. The second-order valence-corrected chi connectivity index (χ2v) is 10.4. The Kier molecular flexibility index (Phi) is 9.30. The molecule has 2 aromatic carbocycles. The molecule has 0 spiro atoms. The first kappa shape index (κ1) is 25.6. The lowest BCUT2D eigenvalue weighted by molar-refractivity contribution is -0.119. The molecule has 2 rings (SSSR count). The number of hydrogen-bond donors (Lipinski definition) is 1. The van der Waals surface area contributed by atoms with E-state index >= 15 is 0 Å². The third-order valence-corrected chi connectivity index (χ3v) is 6.36. The van der Waals surface area contributed by atoms with Gasteiger partial charge < -0.3 is 10.1 Å². The largest absolute Gasteiger partial charge is 0.491 e. The van der Waals surface area contributed by atoms with E-state index in [1.807, 2.05) is 38.1 Å². The number of carbonyl (C=O) groups excluding carboxylic acids is 1. The van der Waals surface area contributed by atoms with Gasteiger partial charge in [0.1, 0.15) is 12.3 Å². The molecule has 31 heavy (non-hydrogen) atoms. The van der Waals surface area contributed by atoms with Gasteiger partial charge in [0.05, 0.1) is 33.1 Å². The van der Waals surface area contributed by atoms with Gasteiger partial charge >= 0.3 is 0 Å². The first-order valence-corrected chi connectivity index (χ1v) is 12.6. The van der Waals surface area contributed by atoms with Crippen molar-refractivity contribution in [2.75, 3.05) is 23.7 Å². The average molecular weight is 508 g/mol. The summed E-state index contributed by atoms with van der Waals surface area (Å²) in [7, 11) is -3.78. The van der Waals surface area contributed by atoms with Crippen molar-refractivity contribution in [3.05, 3.63) is 57.0 Å². The van der Waals surface area contributed by atoms with E-state index in [1.54, 1.807) is 0 Å². The van der Waals surface area contributed by atoms with Gasteiger partial charge in [-0.2, -0.15) is 0 Å². The number of anilines is 1. The maximum Gasteiger partial charge on any atom is 0.240 e. The lowest BCUT2D eigenvalue weighted by Crippen LogP contribution is -2.40. The fraction of sp³-hybridized carbons (Fsp3) is 0.381. The van der Waals surface area contributed by atoms with Gasteiger partial charge in [0.15, 0.2) is 0 Å². The van der Waals surface area contributed by atoms with E-state index in [4.69, 9.17) is 39.5 Å². The van der Waals surface area contributed by atoms with Crippen LogP contribution < -0.4 is 14.4 Å². The van der Waals surface area contributed by atoms with Crippen molar-refractivity contribution in [2.45, 2.75) is 32.8 Å². The molecular weight excluding hydrogens is 483 g/mol. The zero-order chi connectivity index (χ0) is 23.2. The van der Waals surface area contributed by atoms with Crippen molar-refractivity contribution in [1.29, 1.82) is 0 Å².